The lowest BCUT2D eigenvalue weighted by Gasteiger charge is -2.39. The molecule has 0 unspecified atom stereocenters. The number of fused-ring (bicyclic) bond motifs is 1. The van der Waals surface area contributed by atoms with Crippen molar-refractivity contribution in [2.75, 3.05) is 7.05 Å². The van der Waals surface area contributed by atoms with E-state index >= 15 is 0 Å². The standard InChI is InChI=1S/C34H39N3O4/c1-35(33(40)25-14-18-29(19-15-25)37-31(38)20-21-32(37)39)28-16-12-26(13-17-28)34(41)36-22-27-8-3-2-6-23(27)10-11-24-7-4-5-9-30(24)36/h2-3,5-6,8-9,25-26,28-29H,4,7,12-22H2,1H3. The van der Waals surface area contributed by atoms with E-state index in [1.165, 1.54) is 4.90 Å². The number of allylic oxidation sites excluding steroid dienone is 3. The van der Waals surface area contributed by atoms with Crippen molar-refractivity contribution < 1.29 is 19.2 Å². The van der Waals surface area contributed by atoms with Gasteiger partial charge in [-0.25, -0.2) is 0 Å². The van der Waals surface area contributed by atoms with Crippen LogP contribution in [0.1, 0.15) is 88.2 Å². The van der Waals surface area contributed by atoms with Gasteiger partial charge in [-0.3, -0.25) is 24.1 Å². The van der Waals surface area contributed by atoms with Gasteiger partial charge in [-0.05, 0) is 81.9 Å². The third-order valence-electron chi connectivity index (χ3n) is 9.84. The van der Waals surface area contributed by atoms with E-state index < -0.39 is 0 Å². The average Bonchev–Trinajstić information content (AvgIpc) is 3.34. The van der Waals surface area contributed by atoms with Crippen LogP contribution in [0.5, 0.6) is 0 Å². The van der Waals surface area contributed by atoms with Crippen molar-refractivity contribution in [2.45, 2.75) is 95.7 Å². The number of amides is 4. The third-order valence-corrected chi connectivity index (χ3v) is 9.84. The van der Waals surface area contributed by atoms with Crippen LogP contribution in [0.4, 0.5) is 0 Å². The lowest BCUT2D eigenvalue weighted by molar-refractivity contribution is -0.143. The number of carbonyl (C=O) groups excluding carboxylic acids is 4. The molecule has 3 aliphatic carbocycles. The van der Waals surface area contributed by atoms with Crippen molar-refractivity contribution in [3.63, 3.8) is 0 Å². The molecule has 3 fully saturated rings. The van der Waals surface area contributed by atoms with Gasteiger partial charge in [-0.2, -0.15) is 0 Å². The zero-order valence-corrected chi connectivity index (χ0v) is 23.9. The predicted molar refractivity (Wildman–Crippen MR) is 155 cm³/mol. The molecule has 2 aliphatic heterocycles. The fraction of sp³-hybridized carbons (Fsp3) is 0.529. The zero-order valence-electron chi connectivity index (χ0n) is 23.9. The molecule has 2 saturated carbocycles. The van der Waals surface area contributed by atoms with Gasteiger partial charge in [0.25, 0.3) is 0 Å². The Labute approximate surface area is 242 Å². The van der Waals surface area contributed by atoms with Crippen molar-refractivity contribution >= 4 is 23.6 Å². The molecular weight excluding hydrogens is 514 g/mol. The molecule has 2 heterocycles. The summed E-state index contributed by atoms with van der Waals surface area (Å²) in [7, 11) is 1.91. The molecule has 5 aliphatic rings. The van der Waals surface area contributed by atoms with Crippen LogP contribution in [0.2, 0.25) is 0 Å². The van der Waals surface area contributed by atoms with E-state index in [9.17, 15) is 19.2 Å². The topological polar surface area (TPSA) is 78.0 Å². The summed E-state index contributed by atoms with van der Waals surface area (Å²) in [5.74, 6) is 6.77. The van der Waals surface area contributed by atoms with Crippen molar-refractivity contribution in [2.24, 2.45) is 11.8 Å². The largest absolute Gasteiger partial charge is 0.343 e. The Morgan fingerprint density at radius 1 is 0.854 bits per heavy atom. The van der Waals surface area contributed by atoms with Crippen LogP contribution in [0.15, 0.2) is 47.7 Å². The first-order valence-corrected chi connectivity index (χ1v) is 15.3. The molecule has 41 heavy (non-hydrogen) atoms. The lowest BCUT2D eigenvalue weighted by Crippen LogP contribution is -2.47. The number of imide groups is 1. The maximum absolute atomic E-state index is 14.0. The summed E-state index contributed by atoms with van der Waals surface area (Å²) in [5.41, 5.74) is 4.06. The van der Waals surface area contributed by atoms with Gasteiger partial charge in [-0.15, -0.1) is 0 Å². The molecule has 1 aromatic carbocycles. The maximum atomic E-state index is 14.0. The molecule has 0 atom stereocenters. The smallest absolute Gasteiger partial charge is 0.230 e. The molecule has 0 radical (unpaired) electrons. The number of benzene rings is 1. The fourth-order valence-electron chi connectivity index (χ4n) is 7.39. The summed E-state index contributed by atoms with van der Waals surface area (Å²) in [6.45, 7) is 0.530. The van der Waals surface area contributed by atoms with E-state index in [4.69, 9.17) is 0 Å². The number of rotatable bonds is 4. The minimum absolute atomic E-state index is 0.0517. The molecule has 4 amide bonds. The highest BCUT2D eigenvalue weighted by molar-refractivity contribution is 6.02. The van der Waals surface area contributed by atoms with Gasteiger partial charge in [-0.1, -0.05) is 36.1 Å². The van der Waals surface area contributed by atoms with Gasteiger partial charge in [0.15, 0.2) is 0 Å². The number of carbonyl (C=O) groups is 4. The Morgan fingerprint density at radius 2 is 1.54 bits per heavy atom. The minimum atomic E-state index is -0.0654. The van der Waals surface area contributed by atoms with Crippen LogP contribution in [0.3, 0.4) is 0 Å². The van der Waals surface area contributed by atoms with E-state index in [1.54, 1.807) is 0 Å². The predicted octanol–water partition coefficient (Wildman–Crippen LogP) is 4.71. The van der Waals surface area contributed by atoms with Crippen molar-refractivity contribution in [3.05, 3.63) is 58.8 Å². The summed E-state index contributed by atoms with van der Waals surface area (Å²) in [5, 5.41) is 0. The molecule has 1 aromatic rings. The number of nitrogens with zero attached hydrogens (tertiary/aromatic N) is 3. The molecule has 0 bridgehead atoms. The molecule has 7 heteroatoms. The van der Waals surface area contributed by atoms with E-state index in [0.717, 1.165) is 60.9 Å². The summed E-state index contributed by atoms with van der Waals surface area (Å²) < 4.78 is 0. The molecule has 0 spiro atoms. The highest BCUT2D eigenvalue weighted by Crippen LogP contribution is 2.36. The molecule has 7 nitrogen and oxygen atoms in total. The second-order valence-corrected chi connectivity index (χ2v) is 12.3. The monoisotopic (exact) mass is 553 g/mol. The highest BCUT2D eigenvalue weighted by Gasteiger charge is 2.40. The first-order chi connectivity index (χ1) is 19.9. The molecule has 0 aromatic heterocycles. The normalized spacial score (nSPS) is 27.8. The SMILES string of the molecule is CN(C(=O)C1CCC(N2C(=O)CCC2=O)CC1)C1CCC(C(=O)N2Cc3ccccc3C#CC3=C2C=CCC3)CC1. The number of hydrogen-bond donors (Lipinski definition) is 0. The Balaban J connectivity index is 1.07. The summed E-state index contributed by atoms with van der Waals surface area (Å²) in [4.78, 5) is 57.1. The number of likely N-dealkylation sites (tertiary alicyclic amines) is 1. The van der Waals surface area contributed by atoms with Gasteiger partial charge in [0, 0.05) is 54.9 Å². The quantitative estimate of drug-likeness (QED) is 0.400. The molecule has 0 N–H and O–H groups in total. The highest BCUT2D eigenvalue weighted by atomic mass is 16.2. The van der Waals surface area contributed by atoms with Gasteiger partial charge < -0.3 is 9.80 Å². The Bertz CT molecular complexity index is 1350. The molecule has 214 valence electrons. The second-order valence-electron chi connectivity index (χ2n) is 12.3. The Hall–Kier alpha value is -3.66. The van der Waals surface area contributed by atoms with Gasteiger partial charge in [0.05, 0.1) is 12.2 Å². The van der Waals surface area contributed by atoms with Crippen LogP contribution >= 0.6 is 0 Å². The van der Waals surface area contributed by atoms with Gasteiger partial charge in [0.2, 0.25) is 23.6 Å². The van der Waals surface area contributed by atoms with Gasteiger partial charge in [0.1, 0.15) is 0 Å². The van der Waals surface area contributed by atoms with Crippen LogP contribution in [0, 0.1) is 23.7 Å². The van der Waals surface area contributed by atoms with E-state index in [-0.39, 0.29) is 47.5 Å². The van der Waals surface area contributed by atoms with Crippen LogP contribution < -0.4 is 0 Å². The summed E-state index contributed by atoms with van der Waals surface area (Å²) in [6, 6.07) is 8.18. The summed E-state index contributed by atoms with van der Waals surface area (Å²) in [6.07, 6.45) is 12.7. The first kappa shape index (κ1) is 27.5. The summed E-state index contributed by atoms with van der Waals surface area (Å²) >= 11 is 0. The maximum Gasteiger partial charge on any atom is 0.230 e. The first-order valence-electron chi connectivity index (χ1n) is 15.3. The van der Waals surface area contributed by atoms with Crippen molar-refractivity contribution in [1.82, 2.24) is 14.7 Å². The number of hydrogen-bond acceptors (Lipinski definition) is 4. The van der Waals surface area contributed by atoms with Crippen LogP contribution in [-0.4, -0.2) is 57.5 Å². The van der Waals surface area contributed by atoms with Crippen molar-refractivity contribution in [3.8, 4) is 11.8 Å². The Kier molecular flexibility index (Phi) is 7.84. The van der Waals surface area contributed by atoms with E-state index in [2.05, 4.69) is 30.1 Å². The average molecular weight is 554 g/mol. The van der Waals surface area contributed by atoms with Crippen LogP contribution in [-0.2, 0) is 25.7 Å². The van der Waals surface area contributed by atoms with Gasteiger partial charge >= 0.3 is 0 Å². The molecule has 1 saturated heterocycles. The van der Waals surface area contributed by atoms with Crippen molar-refractivity contribution in [1.29, 1.82) is 0 Å². The lowest BCUT2D eigenvalue weighted by atomic mass is 9.82. The zero-order chi connectivity index (χ0) is 28.5. The fourth-order valence-corrected chi connectivity index (χ4v) is 7.39. The molecular formula is C34H39N3O4. The van der Waals surface area contributed by atoms with E-state index in [1.807, 2.05) is 35.0 Å². The second kappa shape index (κ2) is 11.7. The molecule has 6 rings (SSSR count). The Morgan fingerprint density at radius 3 is 2.27 bits per heavy atom. The van der Waals surface area contributed by atoms with Crippen LogP contribution in [0.25, 0.3) is 0 Å². The van der Waals surface area contributed by atoms with E-state index in [0.29, 0.717) is 45.1 Å². The minimum Gasteiger partial charge on any atom is -0.343 e. The third kappa shape index (κ3) is 5.49.